The SMILES string of the molecule is O=C(CCNC1CCCCCC1)N1CCN(c2cccc(Cl)c2)CC1. The van der Waals surface area contributed by atoms with Gasteiger partial charge in [0.25, 0.3) is 0 Å². The highest BCUT2D eigenvalue weighted by atomic mass is 35.5. The van der Waals surface area contributed by atoms with Crippen molar-refractivity contribution in [2.24, 2.45) is 0 Å². The molecule has 1 saturated carbocycles. The molecule has 1 aliphatic heterocycles. The predicted molar refractivity (Wildman–Crippen MR) is 104 cm³/mol. The van der Waals surface area contributed by atoms with E-state index in [2.05, 4.69) is 16.3 Å². The Hall–Kier alpha value is -1.26. The third kappa shape index (κ3) is 5.61. The van der Waals surface area contributed by atoms with Gasteiger partial charge >= 0.3 is 0 Å². The van der Waals surface area contributed by atoms with Crippen LogP contribution in [0.15, 0.2) is 24.3 Å². The predicted octanol–water partition coefficient (Wildman–Crippen LogP) is 3.69. The molecule has 0 unspecified atom stereocenters. The number of hydrogen-bond donors (Lipinski definition) is 1. The molecule has 2 aliphatic rings. The van der Waals surface area contributed by atoms with Crippen molar-refractivity contribution >= 4 is 23.2 Å². The fraction of sp³-hybridized carbons (Fsp3) is 0.650. The van der Waals surface area contributed by atoms with Gasteiger partial charge in [-0.3, -0.25) is 4.79 Å². The van der Waals surface area contributed by atoms with Crippen molar-refractivity contribution in [3.05, 3.63) is 29.3 Å². The zero-order valence-electron chi connectivity index (χ0n) is 15.1. The first-order valence-corrected chi connectivity index (χ1v) is 10.1. The average molecular weight is 364 g/mol. The van der Waals surface area contributed by atoms with Gasteiger partial charge in [-0.15, -0.1) is 0 Å². The molecule has 4 nitrogen and oxygen atoms in total. The van der Waals surface area contributed by atoms with Gasteiger partial charge in [-0.1, -0.05) is 43.4 Å². The van der Waals surface area contributed by atoms with Crippen LogP contribution in [0.2, 0.25) is 5.02 Å². The third-order valence-electron chi connectivity index (χ3n) is 5.43. The Morgan fingerprint density at radius 3 is 2.48 bits per heavy atom. The van der Waals surface area contributed by atoms with E-state index in [0.29, 0.717) is 12.5 Å². The molecule has 1 aliphatic carbocycles. The van der Waals surface area contributed by atoms with E-state index in [1.54, 1.807) is 0 Å². The molecule has 0 bridgehead atoms. The average Bonchev–Trinajstić information content (AvgIpc) is 2.91. The number of halogens is 1. The molecule has 1 aromatic rings. The lowest BCUT2D eigenvalue weighted by molar-refractivity contribution is -0.131. The van der Waals surface area contributed by atoms with Gasteiger partial charge in [0.1, 0.15) is 0 Å². The molecule has 0 aromatic heterocycles. The highest BCUT2D eigenvalue weighted by molar-refractivity contribution is 6.30. The van der Waals surface area contributed by atoms with E-state index in [0.717, 1.165) is 43.4 Å². The zero-order valence-corrected chi connectivity index (χ0v) is 15.8. The topological polar surface area (TPSA) is 35.6 Å². The van der Waals surface area contributed by atoms with Crippen LogP contribution in [0.25, 0.3) is 0 Å². The van der Waals surface area contributed by atoms with E-state index in [-0.39, 0.29) is 5.91 Å². The van der Waals surface area contributed by atoms with Crippen molar-refractivity contribution in [2.45, 2.75) is 51.0 Å². The smallest absolute Gasteiger partial charge is 0.223 e. The van der Waals surface area contributed by atoms with E-state index in [1.165, 1.54) is 38.5 Å². The van der Waals surface area contributed by atoms with Crippen molar-refractivity contribution in [3.8, 4) is 0 Å². The van der Waals surface area contributed by atoms with Crippen LogP contribution < -0.4 is 10.2 Å². The molecule has 1 saturated heterocycles. The molecule has 5 heteroatoms. The number of anilines is 1. The molecule has 0 spiro atoms. The highest BCUT2D eigenvalue weighted by Gasteiger charge is 2.21. The monoisotopic (exact) mass is 363 g/mol. The summed E-state index contributed by atoms with van der Waals surface area (Å²) in [7, 11) is 0. The lowest BCUT2D eigenvalue weighted by Gasteiger charge is -2.36. The van der Waals surface area contributed by atoms with Gasteiger partial charge in [-0.25, -0.2) is 0 Å². The summed E-state index contributed by atoms with van der Waals surface area (Å²) >= 11 is 6.08. The first kappa shape index (κ1) is 18.5. The second kappa shape index (κ2) is 9.44. The van der Waals surface area contributed by atoms with Crippen molar-refractivity contribution in [3.63, 3.8) is 0 Å². The molecule has 1 N–H and O–H groups in total. The maximum absolute atomic E-state index is 12.5. The summed E-state index contributed by atoms with van der Waals surface area (Å²) in [5.41, 5.74) is 1.15. The summed E-state index contributed by atoms with van der Waals surface area (Å²) in [6.07, 6.45) is 8.56. The molecule has 3 rings (SSSR count). The maximum atomic E-state index is 12.5. The number of nitrogens with zero attached hydrogens (tertiary/aromatic N) is 2. The molecule has 0 atom stereocenters. The van der Waals surface area contributed by atoms with Crippen molar-refractivity contribution < 1.29 is 4.79 Å². The Balaban J connectivity index is 1.38. The van der Waals surface area contributed by atoms with Crippen molar-refractivity contribution in [1.82, 2.24) is 10.2 Å². The fourth-order valence-electron chi connectivity index (χ4n) is 3.91. The molecular formula is C20H30ClN3O. The minimum atomic E-state index is 0.284. The molecule has 1 heterocycles. The molecular weight excluding hydrogens is 334 g/mol. The first-order chi connectivity index (χ1) is 12.2. The van der Waals surface area contributed by atoms with Gasteiger partial charge in [0, 0.05) is 55.9 Å². The summed E-state index contributed by atoms with van der Waals surface area (Å²) in [4.78, 5) is 16.8. The maximum Gasteiger partial charge on any atom is 0.223 e. The Morgan fingerprint density at radius 2 is 1.80 bits per heavy atom. The Kier molecular flexibility index (Phi) is 7.00. The lowest BCUT2D eigenvalue weighted by atomic mass is 10.1. The van der Waals surface area contributed by atoms with Gasteiger partial charge in [0.2, 0.25) is 5.91 Å². The van der Waals surface area contributed by atoms with Gasteiger partial charge in [-0.2, -0.15) is 0 Å². The second-order valence-electron chi connectivity index (χ2n) is 7.24. The Bertz CT molecular complexity index is 550. The quantitative estimate of drug-likeness (QED) is 0.810. The summed E-state index contributed by atoms with van der Waals surface area (Å²) in [6.45, 7) is 4.17. The van der Waals surface area contributed by atoms with E-state index in [1.807, 2.05) is 23.1 Å². The van der Waals surface area contributed by atoms with Crippen molar-refractivity contribution in [2.75, 3.05) is 37.6 Å². The molecule has 25 heavy (non-hydrogen) atoms. The number of rotatable bonds is 5. The third-order valence-corrected chi connectivity index (χ3v) is 5.67. The number of piperazine rings is 1. The second-order valence-corrected chi connectivity index (χ2v) is 7.68. The Labute approximate surface area is 156 Å². The van der Waals surface area contributed by atoms with E-state index < -0.39 is 0 Å². The van der Waals surface area contributed by atoms with Gasteiger partial charge in [0.15, 0.2) is 0 Å². The summed E-state index contributed by atoms with van der Waals surface area (Å²) < 4.78 is 0. The van der Waals surface area contributed by atoms with Crippen LogP contribution in [0.4, 0.5) is 5.69 Å². The standard InChI is InChI=1S/C20H30ClN3O/c21-17-6-5-9-19(16-17)23-12-14-24(15-13-23)20(25)10-11-22-18-7-3-1-2-4-8-18/h5-6,9,16,18,22H,1-4,7-8,10-15H2. The Morgan fingerprint density at radius 1 is 1.08 bits per heavy atom. The molecule has 1 amide bonds. The van der Waals surface area contributed by atoms with E-state index in [4.69, 9.17) is 11.6 Å². The van der Waals surface area contributed by atoms with Crippen LogP contribution in [0, 0.1) is 0 Å². The number of nitrogens with one attached hydrogen (secondary N) is 1. The first-order valence-electron chi connectivity index (χ1n) is 9.74. The summed E-state index contributed by atoms with van der Waals surface area (Å²) in [5, 5.41) is 4.36. The summed E-state index contributed by atoms with van der Waals surface area (Å²) in [6, 6.07) is 8.57. The number of amides is 1. The van der Waals surface area contributed by atoms with Crippen LogP contribution >= 0.6 is 11.6 Å². The largest absolute Gasteiger partial charge is 0.368 e. The van der Waals surface area contributed by atoms with Crippen LogP contribution in [-0.2, 0) is 4.79 Å². The molecule has 138 valence electrons. The van der Waals surface area contributed by atoms with E-state index >= 15 is 0 Å². The van der Waals surface area contributed by atoms with Crippen LogP contribution in [0.5, 0.6) is 0 Å². The van der Waals surface area contributed by atoms with Crippen LogP contribution in [0.1, 0.15) is 44.9 Å². The van der Waals surface area contributed by atoms with Crippen molar-refractivity contribution in [1.29, 1.82) is 0 Å². The number of hydrogen-bond acceptors (Lipinski definition) is 3. The van der Waals surface area contributed by atoms with Gasteiger partial charge in [-0.05, 0) is 31.0 Å². The highest BCUT2D eigenvalue weighted by Crippen LogP contribution is 2.21. The fourth-order valence-corrected chi connectivity index (χ4v) is 4.10. The van der Waals surface area contributed by atoms with E-state index in [9.17, 15) is 4.79 Å². The zero-order chi connectivity index (χ0) is 17.5. The van der Waals surface area contributed by atoms with Gasteiger partial charge < -0.3 is 15.1 Å². The van der Waals surface area contributed by atoms with Crippen LogP contribution in [0.3, 0.4) is 0 Å². The number of carbonyl (C=O) groups excluding carboxylic acids is 1. The molecule has 0 radical (unpaired) electrons. The van der Waals surface area contributed by atoms with Gasteiger partial charge in [0.05, 0.1) is 0 Å². The lowest BCUT2D eigenvalue weighted by Crippen LogP contribution is -2.49. The molecule has 2 fully saturated rings. The number of benzene rings is 1. The minimum Gasteiger partial charge on any atom is -0.368 e. The van der Waals surface area contributed by atoms with Crippen LogP contribution in [-0.4, -0.2) is 49.6 Å². The summed E-state index contributed by atoms with van der Waals surface area (Å²) in [5.74, 6) is 0.284. The minimum absolute atomic E-state index is 0.284. The normalized spacial score (nSPS) is 19.7. The number of carbonyl (C=O) groups is 1. The molecule has 1 aromatic carbocycles.